The topological polar surface area (TPSA) is 38.8 Å². The first kappa shape index (κ1) is 15.2. The molecular formula is C19H19NO3. The van der Waals surface area contributed by atoms with Gasteiger partial charge in [-0.15, -0.1) is 0 Å². The van der Waals surface area contributed by atoms with Crippen LogP contribution in [0.15, 0.2) is 48.5 Å². The Morgan fingerprint density at radius 3 is 2.39 bits per heavy atom. The van der Waals surface area contributed by atoms with E-state index >= 15 is 0 Å². The van der Waals surface area contributed by atoms with Gasteiger partial charge < -0.3 is 14.4 Å². The van der Waals surface area contributed by atoms with Gasteiger partial charge >= 0.3 is 0 Å². The van der Waals surface area contributed by atoms with E-state index in [9.17, 15) is 4.79 Å². The molecule has 1 aliphatic heterocycles. The summed E-state index contributed by atoms with van der Waals surface area (Å²) in [6.07, 6.45) is 3.40. The lowest BCUT2D eigenvalue weighted by Gasteiger charge is -2.18. The number of hydrogen-bond acceptors (Lipinski definition) is 4. The molecule has 4 nitrogen and oxygen atoms in total. The molecule has 0 saturated heterocycles. The summed E-state index contributed by atoms with van der Waals surface area (Å²) in [7, 11) is 3.99. The lowest BCUT2D eigenvalue weighted by atomic mass is 10.1. The van der Waals surface area contributed by atoms with Crippen LogP contribution in [0.25, 0.3) is 6.08 Å². The Labute approximate surface area is 135 Å². The average Bonchev–Trinajstić information content (AvgIpc) is 2.59. The predicted molar refractivity (Wildman–Crippen MR) is 91.6 cm³/mol. The molecule has 4 heteroatoms. The lowest BCUT2D eigenvalue weighted by Crippen LogP contribution is -2.15. The number of nitrogens with zero attached hydrogens (tertiary/aromatic N) is 1. The molecule has 0 aliphatic carbocycles. The summed E-state index contributed by atoms with van der Waals surface area (Å²) in [5.41, 5.74) is 2.71. The van der Waals surface area contributed by atoms with Crippen LogP contribution in [0.4, 0.5) is 5.69 Å². The van der Waals surface area contributed by atoms with Crippen molar-refractivity contribution in [1.82, 2.24) is 0 Å². The smallest absolute Gasteiger partial charge is 0.185 e. The fourth-order valence-electron chi connectivity index (χ4n) is 2.35. The van der Waals surface area contributed by atoms with E-state index in [4.69, 9.17) is 9.47 Å². The molecular weight excluding hydrogens is 290 g/mol. The molecule has 0 fully saturated rings. The summed E-state index contributed by atoms with van der Waals surface area (Å²) in [6.45, 7) is 1.06. The van der Waals surface area contributed by atoms with E-state index in [1.165, 1.54) is 0 Å². The second-order valence-electron chi connectivity index (χ2n) is 5.54. The Hall–Kier alpha value is -2.75. The Bertz CT molecular complexity index is 733. The third-order valence-corrected chi connectivity index (χ3v) is 3.66. The van der Waals surface area contributed by atoms with E-state index in [1.54, 1.807) is 24.3 Å². The molecule has 118 valence electrons. The van der Waals surface area contributed by atoms with Gasteiger partial charge in [-0.1, -0.05) is 18.2 Å². The highest BCUT2D eigenvalue weighted by atomic mass is 16.6. The van der Waals surface area contributed by atoms with Crippen molar-refractivity contribution < 1.29 is 14.3 Å². The highest BCUT2D eigenvalue weighted by Gasteiger charge is 2.13. The number of fused-ring (bicyclic) bond motifs is 1. The molecule has 2 aromatic carbocycles. The minimum atomic E-state index is -0.0568. The number of allylic oxidation sites excluding steroid dienone is 1. The van der Waals surface area contributed by atoms with Crippen LogP contribution in [0.3, 0.4) is 0 Å². The number of anilines is 1. The van der Waals surface area contributed by atoms with Crippen molar-refractivity contribution in [2.45, 2.75) is 0 Å². The monoisotopic (exact) mass is 309 g/mol. The van der Waals surface area contributed by atoms with Crippen molar-refractivity contribution in [2.75, 3.05) is 32.2 Å². The summed E-state index contributed by atoms with van der Waals surface area (Å²) < 4.78 is 11.0. The van der Waals surface area contributed by atoms with E-state index in [0.29, 0.717) is 30.3 Å². The van der Waals surface area contributed by atoms with Gasteiger partial charge in [0.25, 0.3) is 0 Å². The van der Waals surface area contributed by atoms with Crippen LogP contribution in [-0.2, 0) is 0 Å². The second kappa shape index (κ2) is 6.57. The number of ether oxygens (including phenoxy) is 2. The average molecular weight is 309 g/mol. The highest BCUT2D eigenvalue weighted by Crippen LogP contribution is 2.31. The molecule has 1 aliphatic rings. The molecule has 0 spiro atoms. The summed E-state index contributed by atoms with van der Waals surface area (Å²) >= 11 is 0. The van der Waals surface area contributed by atoms with Gasteiger partial charge in [0.05, 0.1) is 0 Å². The fraction of sp³-hybridized carbons (Fsp3) is 0.211. The van der Waals surface area contributed by atoms with Crippen molar-refractivity contribution in [3.8, 4) is 11.5 Å². The van der Waals surface area contributed by atoms with E-state index in [0.717, 1.165) is 11.3 Å². The molecule has 0 bridgehead atoms. The number of benzene rings is 2. The van der Waals surface area contributed by atoms with Crippen molar-refractivity contribution >= 4 is 17.5 Å². The minimum absolute atomic E-state index is 0.0568. The number of carbonyl (C=O) groups excluding carboxylic acids is 1. The van der Waals surface area contributed by atoms with Crippen LogP contribution >= 0.6 is 0 Å². The Morgan fingerprint density at radius 1 is 1.00 bits per heavy atom. The zero-order valence-corrected chi connectivity index (χ0v) is 13.3. The first-order valence-corrected chi connectivity index (χ1v) is 7.53. The summed E-state index contributed by atoms with van der Waals surface area (Å²) in [4.78, 5) is 14.3. The van der Waals surface area contributed by atoms with Crippen molar-refractivity contribution in [2.24, 2.45) is 0 Å². The van der Waals surface area contributed by atoms with Gasteiger partial charge in [0.15, 0.2) is 17.3 Å². The molecule has 0 aromatic heterocycles. The Morgan fingerprint density at radius 2 is 1.70 bits per heavy atom. The van der Waals surface area contributed by atoms with Crippen LogP contribution < -0.4 is 14.4 Å². The van der Waals surface area contributed by atoms with E-state index < -0.39 is 0 Å². The number of ketones is 1. The van der Waals surface area contributed by atoms with Crippen molar-refractivity contribution in [3.05, 3.63) is 59.7 Å². The molecule has 0 saturated carbocycles. The van der Waals surface area contributed by atoms with E-state index in [1.807, 2.05) is 49.3 Å². The van der Waals surface area contributed by atoms with E-state index in [2.05, 4.69) is 0 Å². The first-order chi connectivity index (χ1) is 11.1. The zero-order valence-electron chi connectivity index (χ0n) is 13.3. The van der Waals surface area contributed by atoms with Crippen LogP contribution in [-0.4, -0.2) is 33.1 Å². The molecule has 2 aromatic rings. The molecule has 0 N–H and O–H groups in total. The molecule has 0 radical (unpaired) electrons. The van der Waals surface area contributed by atoms with Gasteiger partial charge in [-0.25, -0.2) is 0 Å². The van der Waals surface area contributed by atoms with E-state index in [-0.39, 0.29) is 5.78 Å². The largest absolute Gasteiger partial charge is 0.486 e. The van der Waals surface area contributed by atoms with Gasteiger partial charge in [0.2, 0.25) is 0 Å². The Kier molecular flexibility index (Phi) is 4.33. The molecule has 0 amide bonds. The van der Waals surface area contributed by atoms with Gasteiger partial charge in [0, 0.05) is 25.3 Å². The SMILES string of the molecule is CN(C)c1ccc(/C=C/C(=O)c2ccc3c(c2)OCCO3)cc1. The standard InChI is InChI=1S/C19H19NO3/c1-20(2)16-7-3-14(4-8-16)5-9-17(21)15-6-10-18-19(13-15)23-12-11-22-18/h3-10,13H,11-12H2,1-2H3/b9-5+. The van der Waals surface area contributed by atoms with Crippen LogP contribution in [0.5, 0.6) is 11.5 Å². The highest BCUT2D eigenvalue weighted by molar-refractivity contribution is 6.07. The third kappa shape index (κ3) is 3.54. The van der Waals surface area contributed by atoms with Crippen LogP contribution in [0.2, 0.25) is 0 Å². The van der Waals surface area contributed by atoms with Crippen molar-refractivity contribution in [3.63, 3.8) is 0 Å². The second-order valence-corrected chi connectivity index (χ2v) is 5.54. The maximum absolute atomic E-state index is 12.3. The number of hydrogen-bond donors (Lipinski definition) is 0. The third-order valence-electron chi connectivity index (χ3n) is 3.66. The fourth-order valence-corrected chi connectivity index (χ4v) is 2.35. The Balaban J connectivity index is 1.73. The van der Waals surface area contributed by atoms with Crippen molar-refractivity contribution in [1.29, 1.82) is 0 Å². The summed E-state index contributed by atoms with van der Waals surface area (Å²) in [5, 5.41) is 0. The quantitative estimate of drug-likeness (QED) is 0.641. The molecule has 3 rings (SSSR count). The van der Waals surface area contributed by atoms with Gasteiger partial charge in [-0.3, -0.25) is 4.79 Å². The van der Waals surface area contributed by atoms with Gasteiger partial charge in [0.1, 0.15) is 13.2 Å². The van der Waals surface area contributed by atoms with Crippen LogP contribution in [0.1, 0.15) is 15.9 Å². The molecule has 23 heavy (non-hydrogen) atoms. The maximum Gasteiger partial charge on any atom is 0.185 e. The molecule has 1 heterocycles. The predicted octanol–water partition coefficient (Wildman–Crippen LogP) is 3.42. The number of carbonyl (C=O) groups is 1. The van der Waals surface area contributed by atoms with Gasteiger partial charge in [-0.05, 0) is 42.0 Å². The minimum Gasteiger partial charge on any atom is -0.486 e. The number of rotatable bonds is 4. The van der Waals surface area contributed by atoms with Crippen LogP contribution in [0, 0.1) is 0 Å². The summed E-state index contributed by atoms with van der Waals surface area (Å²) in [5.74, 6) is 1.26. The van der Waals surface area contributed by atoms with Gasteiger partial charge in [-0.2, -0.15) is 0 Å². The lowest BCUT2D eigenvalue weighted by molar-refractivity contribution is 0.104. The summed E-state index contributed by atoms with van der Waals surface area (Å²) in [6, 6.07) is 13.3. The molecule has 0 unspecified atom stereocenters. The molecule has 0 atom stereocenters. The zero-order chi connectivity index (χ0) is 16.2. The normalized spacial score (nSPS) is 13.1. The first-order valence-electron chi connectivity index (χ1n) is 7.53. The maximum atomic E-state index is 12.3.